The Labute approximate surface area is 141 Å². The molecule has 0 aromatic carbocycles. The summed E-state index contributed by atoms with van der Waals surface area (Å²) < 4.78 is 28.7. The first kappa shape index (κ1) is 17.1. The molecule has 0 aliphatic carbocycles. The molecule has 9 heteroatoms. The van der Waals surface area contributed by atoms with Crippen molar-refractivity contribution in [3.05, 3.63) is 18.0 Å². The number of carbonyl (C=O) groups excluding carboxylic acids is 1. The fourth-order valence-electron chi connectivity index (χ4n) is 3.00. The Kier molecular flexibility index (Phi) is 5.00. The summed E-state index contributed by atoms with van der Waals surface area (Å²) in [5.41, 5.74) is 0.256. The molecule has 1 N–H and O–H groups in total. The van der Waals surface area contributed by atoms with Gasteiger partial charge in [-0.15, -0.1) is 0 Å². The van der Waals surface area contributed by atoms with Gasteiger partial charge in [0, 0.05) is 32.4 Å². The minimum absolute atomic E-state index is 0.0183. The van der Waals surface area contributed by atoms with Gasteiger partial charge in [0.05, 0.1) is 17.6 Å². The number of hydrogen-bond donors (Lipinski definition) is 1. The number of ether oxygens (including phenoxy) is 1. The Hall–Kier alpha value is -1.74. The van der Waals surface area contributed by atoms with Gasteiger partial charge in [0.2, 0.25) is 5.95 Å². The van der Waals surface area contributed by atoms with E-state index in [-0.39, 0.29) is 35.3 Å². The van der Waals surface area contributed by atoms with Gasteiger partial charge < -0.3 is 15.0 Å². The quantitative estimate of drug-likeness (QED) is 0.813. The highest BCUT2D eigenvalue weighted by atomic mass is 32.2. The average Bonchev–Trinajstić information content (AvgIpc) is 3.21. The van der Waals surface area contributed by atoms with E-state index in [1.807, 2.05) is 0 Å². The van der Waals surface area contributed by atoms with Crippen LogP contribution in [0.5, 0.6) is 0 Å². The number of aromatic nitrogens is 2. The molecule has 3 heterocycles. The molecular weight excluding hydrogens is 332 g/mol. The molecule has 2 saturated heterocycles. The number of anilines is 1. The van der Waals surface area contributed by atoms with Crippen molar-refractivity contribution in [2.75, 3.05) is 37.0 Å². The molecule has 2 atom stereocenters. The van der Waals surface area contributed by atoms with E-state index in [4.69, 9.17) is 4.74 Å². The molecule has 8 nitrogen and oxygen atoms in total. The molecule has 0 saturated carbocycles. The highest BCUT2D eigenvalue weighted by molar-refractivity contribution is 7.91. The summed E-state index contributed by atoms with van der Waals surface area (Å²) in [5, 5.41) is 3.09. The van der Waals surface area contributed by atoms with Crippen LogP contribution in [0.4, 0.5) is 5.95 Å². The van der Waals surface area contributed by atoms with Crippen molar-refractivity contribution in [1.29, 1.82) is 0 Å². The predicted molar refractivity (Wildman–Crippen MR) is 88.6 cm³/mol. The first-order chi connectivity index (χ1) is 11.4. The summed E-state index contributed by atoms with van der Waals surface area (Å²) >= 11 is 0. The Bertz CT molecular complexity index is 703. The molecule has 0 radical (unpaired) electrons. The highest BCUT2D eigenvalue weighted by Crippen LogP contribution is 2.18. The summed E-state index contributed by atoms with van der Waals surface area (Å²) in [7, 11) is -1.41. The second-order valence-corrected chi connectivity index (χ2v) is 8.48. The van der Waals surface area contributed by atoms with Crippen molar-refractivity contribution in [3.8, 4) is 0 Å². The maximum atomic E-state index is 12.5. The molecule has 132 valence electrons. The third-order valence-electron chi connectivity index (χ3n) is 4.46. The SMILES string of the molecule is CN(C(=O)c1ccnc(NCC2CCCO2)n1)C1CCS(=O)(=O)C1. The zero-order chi connectivity index (χ0) is 17.2. The van der Waals surface area contributed by atoms with Gasteiger partial charge in [-0.05, 0) is 25.3 Å². The number of carbonyl (C=O) groups is 1. The summed E-state index contributed by atoms with van der Waals surface area (Å²) in [5.74, 6) is 0.237. The maximum absolute atomic E-state index is 12.5. The molecule has 1 aromatic rings. The van der Waals surface area contributed by atoms with E-state index in [0.717, 1.165) is 19.4 Å². The van der Waals surface area contributed by atoms with E-state index >= 15 is 0 Å². The average molecular weight is 354 g/mol. The van der Waals surface area contributed by atoms with Crippen molar-refractivity contribution in [2.24, 2.45) is 0 Å². The van der Waals surface area contributed by atoms with Crippen molar-refractivity contribution >= 4 is 21.7 Å². The summed E-state index contributed by atoms with van der Waals surface area (Å²) in [4.78, 5) is 22.4. The van der Waals surface area contributed by atoms with Gasteiger partial charge in [-0.1, -0.05) is 0 Å². The van der Waals surface area contributed by atoms with Crippen LogP contribution in [-0.2, 0) is 14.6 Å². The van der Waals surface area contributed by atoms with Crippen LogP contribution >= 0.6 is 0 Å². The lowest BCUT2D eigenvalue weighted by Crippen LogP contribution is -2.38. The standard InChI is InChI=1S/C15H22N4O4S/c1-19(11-5-8-24(21,22)10-11)14(20)13-4-6-16-15(18-13)17-9-12-3-2-7-23-12/h4,6,11-12H,2-3,5,7-10H2,1H3,(H,16,17,18). The summed E-state index contributed by atoms with van der Waals surface area (Å²) in [6, 6.07) is 1.25. The van der Waals surface area contributed by atoms with Gasteiger partial charge in [-0.25, -0.2) is 18.4 Å². The normalized spacial score (nSPS) is 25.5. The van der Waals surface area contributed by atoms with Crippen LogP contribution in [0.15, 0.2) is 12.3 Å². The Morgan fingerprint density at radius 2 is 2.29 bits per heavy atom. The van der Waals surface area contributed by atoms with E-state index < -0.39 is 9.84 Å². The molecule has 2 aliphatic heterocycles. The second kappa shape index (κ2) is 7.02. The molecular formula is C15H22N4O4S. The van der Waals surface area contributed by atoms with Crippen LogP contribution < -0.4 is 5.32 Å². The summed E-state index contributed by atoms with van der Waals surface area (Å²) in [6.07, 6.45) is 4.21. The van der Waals surface area contributed by atoms with E-state index in [9.17, 15) is 13.2 Å². The number of rotatable bonds is 5. The number of nitrogens with one attached hydrogen (secondary N) is 1. The van der Waals surface area contributed by atoms with Crippen LogP contribution in [-0.4, -0.2) is 73.0 Å². The zero-order valence-corrected chi connectivity index (χ0v) is 14.5. The van der Waals surface area contributed by atoms with Gasteiger partial charge in [-0.3, -0.25) is 4.79 Å². The first-order valence-corrected chi connectivity index (χ1v) is 9.93. The Balaban J connectivity index is 1.63. The summed E-state index contributed by atoms with van der Waals surface area (Å²) in [6.45, 7) is 1.38. The number of sulfone groups is 1. The Morgan fingerprint density at radius 3 is 2.96 bits per heavy atom. The topological polar surface area (TPSA) is 101 Å². The minimum atomic E-state index is -3.04. The predicted octanol–water partition coefficient (Wildman–Crippen LogP) is 0.327. The molecule has 24 heavy (non-hydrogen) atoms. The maximum Gasteiger partial charge on any atom is 0.272 e. The largest absolute Gasteiger partial charge is 0.376 e. The number of nitrogens with zero attached hydrogens (tertiary/aromatic N) is 3. The fourth-order valence-corrected chi connectivity index (χ4v) is 4.78. The van der Waals surface area contributed by atoms with Crippen LogP contribution in [0.25, 0.3) is 0 Å². The van der Waals surface area contributed by atoms with Gasteiger partial charge in [-0.2, -0.15) is 0 Å². The van der Waals surface area contributed by atoms with Crippen molar-refractivity contribution in [3.63, 3.8) is 0 Å². The van der Waals surface area contributed by atoms with Crippen LogP contribution in [0, 0.1) is 0 Å². The van der Waals surface area contributed by atoms with E-state index in [1.54, 1.807) is 13.1 Å². The van der Waals surface area contributed by atoms with Gasteiger partial charge in [0.1, 0.15) is 5.69 Å². The van der Waals surface area contributed by atoms with Crippen molar-refractivity contribution in [1.82, 2.24) is 14.9 Å². The molecule has 1 aromatic heterocycles. The van der Waals surface area contributed by atoms with Crippen molar-refractivity contribution < 1.29 is 17.9 Å². The van der Waals surface area contributed by atoms with Gasteiger partial charge in [0.15, 0.2) is 9.84 Å². The zero-order valence-electron chi connectivity index (χ0n) is 13.6. The number of amides is 1. The highest BCUT2D eigenvalue weighted by Gasteiger charge is 2.33. The lowest BCUT2D eigenvalue weighted by molar-refractivity contribution is 0.0741. The molecule has 1 amide bonds. The molecule has 2 aliphatic rings. The molecule has 0 spiro atoms. The smallest absolute Gasteiger partial charge is 0.272 e. The first-order valence-electron chi connectivity index (χ1n) is 8.11. The third kappa shape index (κ3) is 4.02. The van der Waals surface area contributed by atoms with Crippen LogP contribution in [0.3, 0.4) is 0 Å². The lowest BCUT2D eigenvalue weighted by Gasteiger charge is -2.23. The van der Waals surface area contributed by atoms with Crippen LogP contribution in [0.2, 0.25) is 0 Å². The van der Waals surface area contributed by atoms with Crippen molar-refractivity contribution in [2.45, 2.75) is 31.4 Å². The molecule has 2 unspecified atom stereocenters. The minimum Gasteiger partial charge on any atom is -0.376 e. The van der Waals surface area contributed by atoms with E-state index in [2.05, 4.69) is 15.3 Å². The lowest BCUT2D eigenvalue weighted by atomic mass is 10.2. The van der Waals surface area contributed by atoms with E-state index in [0.29, 0.717) is 18.9 Å². The third-order valence-corrected chi connectivity index (χ3v) is 6.21. The second-order valence-electron chi connectivity index (χ2n) is 6.25. The molecule has 0 bridgehead atoms. The molecule has 3 rings (SSSR count). The van der Waals surface area contributed by atoms with Gasteiger partial charge in [0.25, 0.3) is 5.91 Å². The van der Waals surface area contributed by atoms with E-state index in [1.165, 1.54) is 11.1 Å². The number of hydrogen-bond acceptors (Lipinski definition) is 7. The fraction of sp³-hybridized carbons (Fsp3) is 0.667. The van der Waals surface area contributed by atoms with Gasteiger partial charge >= 0.3 is 0 Å². The van der Waals surface area contributed by atoms with Crippen LogP contribution in [0.1, 0.15) is 29.8 Å². The molecule has 2 fully saturated rings. The monoisotopic (exact) mass is 354 g/mol. The Morgan fingerprint density at radius 1 is 1.46 bits per heavy atom.